The van der Waals surface area contributed by atoms with Gasteiger partial charge in [0.15, 0.2) is 11.7 Å². The molecule has 3 rings (SSSR count). The van der Waals surface area contributed by atoms with E-state index in [1.807, 2.05) is 44.2 Å². The van der Waals surface area contributed by atoms with Crippen molar-refractivity contribution in [3.05, 3.63) is 46.5 Å². The molecule has 0 atom stereocenters. The Morgan fingerprint density at radius 3 is 2.60 bits per heavy atom. The van der Waals surface area contributed by atoms with Gasteiger partial charge in [0.1, 0.15) is 11.5 Å². The van der Waals surface area contributed by atoms with Crippen LogP contribution in [0, 0.1) is 13.8 Å². The summed E-state index contributed by atoms with van der Waals surface area (Å²) in [7, 11) is 1.61. The van der Waals surface area contributed by atoms with Gasteiger partial charge in [0.2, 0.25) is 0 Å². The number of hydrogen-bond acceptors (Lipinski definition) is 5. The minimum Gasteiger partial charge on any atom is -0.497 e. The van der Waals surface area contributed by atoms with Crippen molar-refractivity contribution in [1.82, 2.24) is 4.98 Å². The van der Waals surface area contributed by atoms with Crippen LogP contribution in [0.15, 0.2) is 30.3 Å². The highest BCUT2D eigenvalue weighted by Crippen LogP contribution is 2.29. The lowest BCUT2D eigenvalue weighted by atomic mass is 10.1. The normalized spacial score (nSPS) is 10.7. The standard InChI is InChI=1S/C18H17ClN2O3S/c1-10-6-13(7-11(2)17(10)19)24-9-16(22)21-18-20-14-5-4-12(23-3)8-15(14)25-18/h4-8H,9H2,1-3H3,(H,20,21,22). The first kappa shape index (κ1) is 17.5. The maximum absolute atomic E-state index is 12.1. The number of halogens is 1. The van der Waals surface area contributed by atoms with Crippen molar-refractivity contribution < 1.29 is 14.3 Å². The fraction of sp³-hybridized carbons (Fsp3) is 0.222. The second kappa shape index (κ2) is 7.29. The second-order valence-corrected chi connectivity index (χ2v) is 6.97. The zero-order valence-corrected chi connectivity index (χ0v) is 15.6. The fourth-order valence-electron chi connectivity index (χ4n) is 2.38. The summed E-state index contributed by atoms with van der Waals surface area (Å²) < 4.78 is 11.7. The highest BCUT2D eigenvalue weighted by atomic mass is 35.5. The van der Waals surface area contributed by atoms with Crippen LogP contribution in [0.5, 0.6) is 11.5 Å². The van der Waals surface area contributed by atoms with Gasteiger partial charge in [0, 0.05) is 5.02 Å². The van der Waals surface area contributed by atoms with Gasteiger partial charge >= 0.3 is 0 Å². The molecule has 0 saturated carbocycles. The summed E-state index contributed by atoms with van der Waals surface area (Å²) in [5.74, 6) is 1.10. The molecule has 25 heavy (non-hydrogen) atoms. The zero-order chi connectivity index (χ0) is 18.0. The molecular weight excluding hydrogens is 360 g/mol. The molecule has 1 amide bonds. The van der Waals surface area contributed by atoms with E-state index in [-0.39, 0.29) is 12.5 Å². The maximum Gasteiger partial charge on any atom is 0.264 e. The SMILES string of the molecule is COc1ccc2nc(NC(=O)COc3cc(C)c(Cl)c(C)c3)sc2c1. The number of methoxy groups -OCH3 is 1. The van der Waals surface area contributed by atoms with E-state index in [1.54, 1.807) is 7.11 Å². The van der Waals surface area contributed by atoms with Crippen LogP contribution in [0.2, 0.25) is 5.02 Å². The largest absolute Gasteiger partial charge is 0.497 e. The Balaban J connectivity index is 1.64. The van der Waals surface area contributed by atoms with Crippen molar-refractivity contribution in [3.63, 3.8) is 0 Å². The topological polar surface area (TPSA) is 60.5 Å². The summed E-state index contributed by atoms with van der Waals surface area (Å²) in [6.07, 6.45) is 0. The van der Waals surface area contributed by atoms with Crippen molar-refractivity contribution in [3.8, 4) is 11.5 Å². The van der Waals surface area contributed by atoms with E-state index < -0.39 is 0 Å². The van der Waals surface area contributed by atoms with Crippen molar-refractivity contribution in [2.75, 3.05) is 19.0 Å². The predicted molar refractivity (Wildman–Crippen MR) is 101 cm³/mol. The number of nitrogens with zero attached hydrogens (tertiary/aromatic N) is 1. The van der Waals surface area contributed by atoms with Gasteiger partial charge in [0.05, 0.1) is 17.3 Å². The molecule has 0 fully saturated rings. The Morgan fingerprint density at radius 1 is 1.20 bits per heavy atom. The Hall–Kier alpha value is -2.31. The van der Waals surface area contributed by atoms with Crippen molar-refractivity contribution >= 4 is 44.2 Å². The lowest BCUT2D eigenvalue weighted by Crippen LogP contribution is -2.20. The Morgan fingerprint density at radius 2 is 1.92 bits per heavy atom. The summed E-state index contributed by atoms with van der Waals surface area (Å²) in [6, 6.07) is 9.20. The van der Waals surface area contributed by atoms with E-state index >= 15 is 0 Å². The minimum atomic E-state index is -0.267. The third-order valence-corrected chi connectivity index (χ3v) is 5.15. The molecule has 2 aromatic carbocycles. The number of nitrogens with one attached hydrogen (secondary N) is 1. The number of ether oxygens (including phenoxy) is 2. The highest BCUT2D eigenvalue weighted by molar-refractivity contribution is 7.22. The Kier molecular flexibility index (Phi) is 5.11. The summed E-state index contributed by atoms with van der Waals surface area (Å²) >= 11 is 7.52. The molecular formula is C18H17ClN2O3S. The fourth-order valence-corrected chi connectivity index (χ4v) is 3.40. The molecule has 0 bridgehead atoms. The molecule has 0 saturated heterocycles. The Labute approximate surface area is 154 Å². The van der Waals surface area contributed by atoms with Crippen LogP contribution >= 0.6 is 22.9 Å². The lowest BCUT2D eigenvalue weighted by Gasteiger charge is -2.09. The molecule has 5 nitrogen and oxygen atoms in total. The molecule has 1 aromatic heterocycles. The molecule has 130 valence electrons. The van der Waals surface area contributed by atoms with E-state index in [1.165, 1.54) is 11.3 Å². The number of amides is 1. The molecule has 1 heterocycles. The van der Waals surface area contributed by atoms with E-state index in [4.69, 9.17) is 21.1 Å². The lowest BCUT2D eigenvalue weighted by molar-refractivity contribution is -0.118. The predicted octanol–water partition coefficient (Wildman–Crippen LogP) is 4.59. The average molecular weight is 377 g/mol. The monoisotopic (exact) mass is 376 g/mol. The van der Waals surface area contributed by atoms with Gasteiger partial charge in [-0.25, -0.2) is 4.98 Å². The third kappa shape index (κ3) is 4.03. The molecule has 0 spiro atoms. The summed E-state index contributed by atoms with van der Waals surface area (Å²) in [4.78, 5) is 16.5. The number of anilines is 1. The van der Waals surface area contributed by atoms with Crippen LogP contribution in [0.4, 0.5) is 5.13 Å². The number of hydrogen-bond donors (Lipinski definition) is 1. The summed E-state index contributed by atoms with van der Waals surface area (Å²) in [5.41, 5.74) is 2.64. The molecule has 0 radical (unpaired) electrons. The van der Waals surface area contributed by atoms with Crippen molar-refractivity contribution in [1.29, 1.82) is 0 Å². The average Bonchev–Trinajstić information content (AvgIpc) is 2.98. The number of carbonyl (C=O) groups is 1. The van der Waals surface area contributed by atoms with Gasteiger partial charge in [-0.3, -0.25) is 10.1 Å². The van der Waals surface area contributed by atoms with Gasteiger partial charge < -0.3 is 9.47 Å². The van der Waals surface area contributed by atoms with Crippen LogP contribution in [0.3, 0.4) is 0 Å². The highest BCUT2D eigenvalue weighted by Gasteiger charge is 2.10. The van der Waals surface area contributed by atoms with E-state index in [0.29, 0.717) is 15.9 Å². The third-order valence-electron chi connectivity index (χ3n) is 3.62. The maximum atomic E-state index is 12.1. The van der Waals surface area contributed by atoms with Crippen molar-refractivity contribution in [2.45, 2.75) is 13.8 Å². The van der Waals surface area contributed by atoms with E-state index in [9.17, 15) is 4.79 Å². The van der Waals surface area contributed by atoms with Crippen molar-refractivity contribution in [2.24, 2.45) is 0 Å². The first-order valence-electron chi connectivity index (χ1n) is 7.60. The van der Waals surface area contributed by atoms with Crippen LogP contribution in [-0.2, 0) is 4.79 Å². The molecule has 1 N–H and O–H groups in total. The van der Waals surface area contributed by atoms with Crippen LogP contribution in [-0.4, -0.2) is 24.6 Å². The molecule has 0 unspecified atom stereocenters. The van der Waals surface area contributed by atoms with Crippen LogP contribution in [0.1, 0.15) is 11.1 Å². The number of aryl methyl sites for hydroxylation is 2. The first-order valence-corrected chi connectivity index (χ1v) is 8.79. The van der Waals surface area contributed by atoms with Gasteiger partial charge in [-0.05, 0) is 55.3 Å². The molecule has 0 aliphatic carbocycles. The molecule has 7 heteroatoms. The number of carbonyl (C=O) groups excluding carboxylic acids is 1. The molecule has 0 aliphatic heterocycles. The number of aromatic nitrogens is 1. The molecule has 0 aliphatic rings. The number of thiazole rings is 1. The van der Waals surface area contributed by atoms with E-state index in [0.717, 1.165) is 27.1 Å². The minimum absolute atomic E-state index is 0.0975. The molecule has 3 aromatic rings. The smallest absolute Gasteiger partial charge is 0.264 e. The van der Waals surface area contributed by atoms with Gasteiger partial charge in [-0.2, -0.15) is 0 Å². The Bertz CT molecular complexity index is 916. The second-order valence-electron chi connectivity index (χ2n) is 5.56. The number of benzene rings is 2. The summed E-state index contributed by atoms with van der Waals surface area (Å²) in [6.45, 7) is 3.70. The van der Waals surface area contributed by atoms with E-state index in [2.05, 4.69) is 10.3 Å². The van der Waals surface area contributed by atoms with Crippen LogP contribution in [0.25, 0.3) is 10.2 Å². The van der Waals surface area contributed by atoms with Gasteiger partial charge in [-0.1, -0.05) is 22.9 Å². The first-order chi connectivity index (χ1) is 12.0. The quantitative estimate of drug-likeness (QED) is 0.707. The zero-order valence-electron chi connectivity index (χ0n) is 14.1. The van der Waals surface area contributed by atoms with Gasteiger partial charge in [-0.15, -0.1) is 0 Å². The summed E-state index contributed by atoms with van der Waals surface area (Å²) in [5, 5.41) is 3.99. The number of rotatable bonds is 5. The van der Waals surface area contributed by atoms with Crippen LogP contribution < -0.4 is 14.8 Å². The van der Waals surface area contributed by atoms with Gasteiger partial charge in [0.25, 0.3) is 5.91 Å². The number of fused-ring (bicyclic) bond motifs is 1.